The molecule has 3 atom stereocenters. The molecule has 2 fully saturated rings. The molecule has 2 aliphatic heterocycles. The largest absolute Gasteiger partial charge is 0.342 e. The van der Waals surface area contributed by atoms with Crippen molar-refractivity contribution in [2.24, 2.45) is 17.6 Å². The third-order valence-corrected chi connectivity index (χ3v) is 4.62. The van der Waals surface area contributed by atoms with Crippen molar-refractivity contribution in [3.05, 3.63) is 0 Å². The standard InChI is InChI=1S/C14H25N3O2/c1-10-4-3-6-17(13(10)8-15)14(19)12-5-7-16(9-12)11(2)18/h10,12-13H,3-9,15H2,1-2H3/t10-,12-,13-/m0/s1. The summed E-state index contributed by atoms with van der Waals surface area (Å²) in [5.74, 6) is 0.722. The van der Waals surface area contributed by atoms with Gasteiger partial charge in [-0.05, 0) is 25.2 Å². The second-order valence-corrected chi connectivity index (χ2v) is 5.90. The first-order chi connectivity index (χ1) is 9.04. The van der Waals surface area contributed by atoms with Crippen LogP contribution in [-0.2, 0) is 9.59 Å². The Labute approximate surface area is 115 Å². The minimum atomic E-state index is -0.0248. The lowest BCUT2D eigenvalue weighted by Crippen LogP contribution is -2.53. The van der Waals surface area contributed by atoms with Gasteiger partial charge in [-0.3, -0.25) is 9.59 Å². The fourth-order valence-electron chi connectivity index (χ4n) is 3.36. The highest BCUT2D eigenvalue weighted by Crippen LogP contribution is 2.27. The van der Waals surface area contributed by atoms with E-state index in [4.69, 9.17) is 5.73 Å². The van der Waals surface area contributed by atoms with Crippen LogP contribution in [0.1, 0.15) is 33.1 Å². The van der Waals surface area contributed by atoms with E-state index in [1.165, 1.54) is 0 Å². The van der Waals surface area contributed by atoms with Crippen molar-refractivity contribution in [2.45, 2.75) is 39.2 Å². The topological polar surface area (TPSA) is 66.6 Å². The van der Waals surface area contributed by atoms with Gasteiger partial charge in [-0.1, -0.05) is 6.92 Å². The number of carbonyl (C=O) groups excluding carboxylic acids is 2. The van der Waals surface area contributed by atoms with Gasteiger partial charge in [-0.15, -0.1) is 0 Å². The average molecular weight is 267 g/mol. The minimum Gasteiger partial charge on any atom is -0.342 e. The van der Waals surface area contributed by atoms with E-state index in [0.29, 0.717) is 25.6 Å². The van der Waals surface area contributed by atoms with Gasteiger partial charge in [0, 0.05) is 39.1 Å². The van der Waals surface area contributed by atoms with Crippen molar-refractivity contribution in [3.63, 3.8) is 0 Å². The maximum absolute atomic E-state index is 12.6. The molecule has 0 aromatic rings. The SMILES string of the molecule is CC(=O)N1CC[C@H](C(=O)N2CCC[C@H](C)[C@@H]2CN)C1. The van der Waals surface area contributed by atoms with Crippen molar-refractivity contribution < 1.29 is 9.59 Å². The van der Waals surface area contributed by atoms with Crippen LogP contribution in [0.5, 0.6) is 0 Å². The van der Waals surface area contributed by atoms with Crippen LogP contribution in [0.15, 0.2) is 0 Å². The molecule has 0 aromatic heterocycles. The lowest BCUT2D eigenvalue weighted by molar-refractivity contribution is -0.140. The van der Waals surface area contributed by atoms with E-state index in [1.807, 2.05) is 4.90 Å². The summed E-state index contributed by atoms with van der Waals surface area (Å²) in [5.41, 5.74) is 5.84. The highest BCUT2D eigenvalue weighted by atomic mass is 16.2. The Balaban J connectivity index is 2.01. The first-order valence-electron chi connectivity index (χ1n) is 7.30. The molecule has 2 amide bonds. The number of rotatable bonds is 2. The van der Waals surface area contributed by atoms with Gasteiger partial charge in [0.25, 0.3) is 0 Å². The van der Waals surface area contributed by atoms with Gasteiger partial charge in [-0.25, -0.2) is 0 Å². The van der Waals surface area contributed by atoms with Gasteiger partial charge in [0.2, 0.25) is 11.8 Å². The molecule has 2 rings (SSSR count). The Kier molecular flexibility index (Phi) is 4.45. The van der Waals surface area contributed by atoms with Gasteiger partial charge in [-0.2, -0.15) is 0 Å². The van der Waals surface area contributed by atoms with Crippen LogP contribution < -0.4 is 5.73 Å². The molecule has 19 heavy (non-hydrogen) atoms. The summed E-state index contributed by atoms with van der Waals surface area (Å²) in [6.07, 6.45) is 3.00. The van der Waals surface area contributed by atoms with Crippen LogP contribution in [0.3, 0.4) is 0 Å². The van der Waals surface area contributed by atoms with Crippen LogP contribution in [0.2, 0.25) is 0 Å². The summed E-state index contributed by atoms with van der Waals surface area (Å²) in [6.45, 7) is 6.39. The zero-order valence-corrected chi connectivity index (χ0v) is 12.0. The Morgan fingerprint density at radius 2 is 2.00 bits per heavy atom. The maximum atomic E-state index is 12.6. The molecule has 0 spiro atoms. The molecule has 0 bridgehead atoms. The van der Waals surface area contributed by atoms with Gasteiger partial charge in [0.05, 0.1) is 5.92 Å². The Morgan fingerprint density at radius 1 is 1.26 bits per heavy atom. The van der Waals surface area contributed by atoms with E-state index in [9.17, 15) is 9.59 Å². The molecular weight excluding hydrogens is 242 g/mol. The molecule has 0 radical (unpaired) electrons. The summed E-state index contributed by atoms with van der Waals surface area (Å²) in [4.78, 5) is 27.7. The zero-order valence-electron chi connectivity index (χ0n) is 12.0. The summed E-state index contributed by atoms with van der Waals surface area (Å²) < 4.78 is 0. The molecule has 0 saturated carbocycles. The predicted octanol–water partition coefficient (Wildman–Crippen LogP) is 0.441. The second kappa shape index (κ2) is 5.90. The van der Waals surface area contributed by atoms with Crippen LogP contribution in [0.4, 0.5) is 0 Å². The normalized spacial score (nSPS) is 31.6. The van der Waals surface area contributed by atoms with Gasteiger partial charge in [0.1, 0.15) is 0 Å². The molecule has 2 heterocycles. The van der Waals surface area contributed by atoms with Crippen molar-refractivity contribution in [1.29, 1.82) is 0 Å². The Bertz CT molecular complexity index is 359. The number of piperidine rings is 1. The predicted molar refractivity (Wildman–Crippen MR) is 73.3 cm³/mol. The number of hydrogen-bond acceptors (Lipinski definition) is 3. The van der Waals surface area contributed by atoms with Gasteiger partial charge in [0.15, 0.2) is 0 Å². The van der Waals surface area contributed by atoms with Crippen LogP contribution in [-0.4, -0.2) is 53.8 Å². The van der Waals surface area contributed by atoms with Crippen molar-refractivity contribution in [3.8, 4) is 0 Å². The Morgan fingerprint density at radius 3 is 2.58 bits per heavy atom. The lowest BCUT2D eigenvalue weighted by atomic mass is 9.89. The number of hydrogen-bond donors (Lipinski definition) is 1. The third-order valence-electron chi connectivity index (χ3n) is 4.62. The molecular formula is C14H25N3O2. The second-order valence-electron chi connectivity index (χ2n) is 5.90. The first kappa shape index (κ1) is 14.3. The van der Waals surface area contributed by atoms with Crippen LogP contribution in [0, 0.1) is 11.8 Å². The van der Waals surface area contributed by atoms with Crippen molar-refractivity contribution in [2.75, 3.05) is 26.2 Å². The number of amides is 2. The third kappa shape index (κ3) is 2.91. The van der Waals surface area contributed by atoms with E-state index in [1.54, 1.807) is 11.8 Å². The number of carbonyl (C=O) groups is 2. The number of nitrogens with two attached hydrogens (primary N) is 1. The Hall–Kier alpha value is -1.10. The fourth-order valence-corrected chi connectivity index (χ4v) is 3.36. The summed E-state index contributed by atoms with van der Waals surface area (Å²) in [5, 5.41) is 0. The van der Waals surface area contributed by atoms with E-state index in [-0.39, 0.29) is 23.8 Å². The maximum Gasteiger partial charge on any atom is 0.227 e. The molecule has 2 aliphatic rings. The van der Waals surface area contributed by atoms with E-state index in [0.717, 1.165) is 25.8 Å². The monoisotopic (exact) mass is 267 g/mol. The molecule has 5 nitrogen and oxygen atoms in total. The summed E-state index contributed by atoms with van der Waals surface area (Å²) in [6, 6.07) is 0.174. The van der Waals surface area contributed by atoms with Crippen molar-refractivity contribution >= 4 is 11.8 Å². The molecule has 108 valence electrons. The molecule has 2 saturated heterocycles. The first-order valence-corrected chi connectivity index (χ1v) is 7.30. The van der Waals surface area contributed by atoms with Crippen LogP contribution >= 0.6 is 0 Å². The van der Waals surface area contributed by atoms with Gasteiger partial charge >= 0.3 is 0 Å². The molecule has 0 unspecified atom stereocenters. The molecule has 0 aliphatic carbocycles. The molecule has 2 N–H and O–H groups in total. The smallest absolute Gasteiger partial charge is 0.227 e. The highest BCUT2D eigenvalue weighted by molar-refractivity contribution is 5.82. The zero-order chi connectivity index (χ0) is 14.0. The van der Waals surface area contributed by atoms with E-state index in [2.05, 4.69) is 6.92 Å². The lowest BCUT2D eigenvalue weighted by Gasteiger charge is -2.40. The van der Waals surface area contributed by atoms with E-state index < -0.39 is 0 Å². The van der Waals surface area contributed by atoms with E-state index >= 15 is 0 Å². The quantitative estimate of drug-likeness (QED) is 0.789. The average Bonchev–Trinajstić information content (AvgIpc) is 2.87. The fraction of sp³-hybridized carbons (Fsp3) is 0.857. The minimum absolute atomic E-state index is 0.0248. The van der Waals surface area contributed by atoms with Crippen LogP contribution in [0.25, 0.3) is 0 Å². The number of nitrogens with zero attached hydrogens (tertiary/aromatic N) is 2. The molecule has 5 heteroatoms. The summed E-state index contributed by atoms with van der Waals surface area (Å²) >= 11 is 0. The summed E-state index contributed by atoms with van der Waals surface area (Å²) in [7, 11) is 0. The van der Waals surface area contributed by atoms with Gasteiger partial charge < -0.3 is 15.5 Å². The highest BCUT2D eigenvalue weighted by Gasteiger charge is 2.37. The van der Waals surface area contributed by atoms with Crippen molar-refractivity contribution in [1.82, 2.24) is 9.80 Å². The molecule has 0 aromatic carbocycles. The number of likely N-dealkylation sites (tertiary alicyclic amines) is 2.